The van der Waals surface area contributed by atoms with E-state index in [1.165, 1.54) is 31.4 Å². The van der Waals surface area contributed by atoms with E-state index in [1.807, 2.05) is 27.7 Å². The number of esters is 1. The van der Waals surface area contributed by atoms with Crippen LogP contribution in [-0.4, -0.2) is 25.2 Å². The van der Waals surface area contributed by atoms with Crippen molar-refractivity contribution in [2.75, 3.05) is 7.11 Å². The molecule has 0 aromatic heterocycles. The van der Waals surface area contributed by atoms with Crippen LogP contribution in [0.15, 0.2) is 29.8 Å². The average Bonchev–Trinajstić information content (AvgIpc) is 2.55. The average molecular weight is 322 g/mol. The highest BCUT2D eigenvalue weighted by Crippen LogP contribution is 2.26. The highest BCUT2D eigenvalue weighted by molar-refractivity contribution is 6.04. The predicted molar refractivity (Wildman–Crippen MR) is 87.0 cm³/mol. The summed E-state index contributed by atoms with van der Waals surface area (Å²) in [6.45, 7) is 7.78. The molecule has 1 atom stereocenters. The topological polar surface area (TPSA) is 67.4 Å². The van der Waals surface area contributed by atoms with Gasteiger partial charge in [-0.15, -0.1) is 0 Å². The molecule has 2 rings (SSSR count). The van der Waals surface area contributed by atoms with Gasteiger partial charge in [-0.05, 0) is 35.7 Å². The number of urea groups is 1. The summed E-state index contributed by atoms with van der Waals surface area (Å²) in [6.07, 6.45) is 0. The molecule has 0 saturated carbocycles. The highest BCUT2D eigenvalue weighted by Gasteiger charge is 2.34. The van der Waals surface area contributed by atoms with E-state index in [0.717, 1.165) is 0 Å². The lowest BCUT2D eigenvalue weighted by atomic mass is 9.90. The van der Waals surface area contributed by atoms with Crippen LogP contribution in [0.5, 0.6) is 0 Å². The van der Waals surface area contributed by atoms with Gasteiger partial charge in [-0.2, -0.15) is 0 Å². The first kappa shape index (κ1) is 18.7. The molecule has 1 aliphatic heterocycles. The van der Waals surface area contributed by atoms with Crippen molar-refractivity contribution in [1.82, 2.24) is 10.6 Å². The summed E-state index contributed by atoms with van der Waals surface area (Å²) < 4.78 is 17.9. The van der Waals surface area contributed by atoms with E-state index in [0.29, 0.717) is 16.8 Å². The number of halogens is 1. The minimum Gasteiger partial charge on any atom is -0.466 e. The third kappa shape index (κ3) is 4.31. The second kappa shape index (κ2) is 8.31. The van der Waals surface area contributed by atoms with Crippen LogP contribution in [0.25, 0.3) is 5.70 Å². The van der Waals surface area contributed by atoms with Crippen LogP contribution >= 0.6 is 0 Å². The number of ether oxygens (including phenoxy) is 1. The van der Waals surface area contributed by atoms with E-state index < -0.39 is 18.0 Å². The van der Waals surface area contributed by atoms with Gasteiger partial charge in [0, 0.05) is 0 Å². The third-order valence-electron chi connectivity index (χ3n) is 3.31. The van der Waals surface area contributed by atoms with Gasteiger partial charge in [0.1, 0.15) is 5.82 Å². The fourth-order valence-electron chi connectivity index (χ4n) is 2.27. The molecule has 2 amide bonds. The zero-order valence-corrected chi connectivity index (χ0v) is 14.1. The molecule has 23 heavy (non-hydrogen) atoms. The van der Waals surface area contributed by atoms with Gasteiger partial charge in [0.25, 0.3) is 0 Å². The number of nitrogens with one attached hydrogen (secondary N) is 2. The Balaban J connectivity index is 0.00000127. The van der Waals surface area contributed by atoms with Crippen LogP contribution < -0.4 is 10.6 Å². The lowest BCUT2D eigenvalue weighted by Gasteiger charge is -2.31. The van der Waals surface area contributed by atoms with E-state index in [2.05, 4.69) is 10.6 Å². The van der Waals surface area contributed by atoms with Crippen LogP contribution in [0.1, 0.15) is 33.3 Å². The van der Waals surface area contributed by atoms with E-state index >= 15 is 0 Å². The maximum absolute atomic E-state index is 13.0. The standard InChI is InChI=1S/C15H17FN2O3.C2H6/c1-8(2)12-11(14(19)21-3)13(18-15(20)17-12)9-4-6-10(16)7-5-9;1-2/h4-8,12H,1-3H3,(H2,17,18,20);1-2H3. The monoisotopic (exact) mass is 322 g/mol. The van der Waals surface area contributed by atoms with Crippen molar-refractivity contribution in [3.63, 3.8) is 0 Å². The molecule has 1 heterocycles. The van der Waals surface area contributed by atoms with E-state index in [1.54, 1.807) is 0 Å². The molecule has 1 aromatic rings. The van der Waals surface area contributed by atoms with Crippen molar-refractivity contribution in [3.05, 3.63) is 41.2 Å². The fraction of sp³-hybridized carbons (Fsp3) is 0.412. The number of carbonyl (C=O) groups excluding carboxylic acids is 2. The minimum atomic E-state index is -0.527. The molecule has 2 N–H and O–H groups in total. The van der Waals surface area contributed by atoms with E-state index in [9.17, 15) is 14.0 Å². The SMILES string of the molecule is CC.COC(=O)C1=C(c2ccc(F)cc2)NC(=O)NC1C(C)C. The quantitative estimate of drug-likeness (QED) is 0.840. The molecule has 0 spiro atoms. The summed E-state index contributed by atoms with van der Waals surface area (Å²) >= 11 is 0. The lowest BCUT2D eigenvalue weighted by Crippen LogP contribution is -2.51. The van der Waals surface area contributed by atoms with Crippen LogP contribution in [0.3, 0.4) is 0 Å². The molecule has 126 valence electrons. The molecular formula is C17H23FN2O3. The van der Waals surface area contributed by atoms with Gasteiger partial charge in [-0.3, -0.25) is 0 Å². The second-order valence-corrected chi connectivity index (χ2v) is 5.11. The van der Waals surface area contributed by atoms with Crippen molar-refractivity contribution in [1.29, 1.82) is 0 Å². The van der Waals surface area contributed by atoms with E-state index in [4.69, 9.17) is 4.74 Å². The Kier molecular flexibility index (Phi) is 6.75. The second-order valence-electron chi connectivity index (χ2n) is 5.11. The summed E-state index contributed by atoms with van der Waals surface area (Å²) in [7, 11) is 1.28. The zero-order chi connectivity index (χ0) is 17.6. The molecule has 5 nitrogen and oxygen atoms in total. The highest BCUT2D eigenvalue weighted by atomic mass is 19.1. The summed E-state index contributed by atoms with van der Waals surface area (Å²) in [5, 5.41) is 5.32. The molecular weight excluding hydrogens is 299 g/mol. The van der Waals surface area contributed by atoms with Crippen LogP contribution in [-0.2, 0) is 9.53 Å². The lowest BCUT2D eigenvalue weighted by molar-refractivity contribution is -0.136. The largest absolute Gasteiger partial charge is 0.466 e. The van der Waals surface area contributed by atoms with Crippen molar-refractivity contribution >= 4 is 17.7 Å². The molecule has 1 aliphatic rings. The molecule has 1 aromatic carbocycles. The summed E-state index contributed by atoms with van der Waals surface area (Å²) in [5.41, 5.74) is 1.24. The normalized spacial score (nSPS) is 17.0. The first-order valence-corrected chi connectivity index (χ1v) is 7.60. The van der Waals surface area contributed by atoms with Gasteiger partial charge in [-0.1, -0.05) is 27.7 Å². The summed E-state index contributed by atoms with van der Waals surface area (Å²) in [4.78, 5) is 23.9. The molecule has 0 saturated heterocycles. The number of benzene rings is 1. The molecule has 0 aliphatic carbocycles. The minimum absolute atomic E-state index is 0.000554. The van der Waals surface area contributed by atoms with E-state index in [-0.39, 0.29) is 11.7 Å². The molecule has 1 unspecified atom stereocenters. The number of amides is 2. The summed E-state index contributed by atoms with van der Waals surface area (Å²) in [6, 6.07) is 4.70. The molecule has 0 radical (unpaired) electrons. The third-order valence-corrected chi connectivity index (χ3v) is 3.31. The Hall–Kier alpha value is -2.37. The van der Waals surface area contributed by atoms with Gasteiger partial charge in [0.2, 0.25) is 0 Å². The van der Waals surface area contributed by atoms with Crippen LogP contribution in [0.2, 0.25) is 0 Å². The Bertz CT molecular complexity index is 594. The molecule has 6 heteroatoms. The number of hydrogen-bond donors (Lipinski definition) is 2. The molecule has 0 fully saturated rings. The van der Waals surface area contributed by atoms with Gasteiger partial charge in [-0.25, -0.2) is 14.0 Å². The Morgan fingerprint density at radius 2 is 1.78 bits per heavy atom. The number of methoxy groups -OCH3 is 1. The van der Waals surface area contributed by atoms with Crippen molar-refractivity contribution in [2.24, 2.45) is 5.92 Å². The number of rotatable bonds is 3. The number of carbonyl (C=O) groups is 2. The summed E-state index contributed by atoms with van der Waals surface area (Å²) in [5.74, 6) is -0.916. The Labute approximate surface area is 135 Å². The van der Waals surface area contributed by atoms with Crippen molar-refractivity contribution in [2.45, 2.75) is 33.7 Å². The predicted octanol–water partition coefficient (Wildman–Crippen LogP) is 3.07. The van der Waals surface area contributed by atoms with Crippen LogP contribution in [0.4, 0.5) is 9.18 Å². The molecule has 0 bridgehead atoms. The maximum atomic E-state index is 13.0. The Morgan fingerprint density at radius 3 is 2.26 bits per heavy atom. The van der Waals surface area contributed by atoms with Gasteiger partial charge in [0.05, 0.1) is 24.4 Å². The van der Waals surface area contributed by atoms with Gasteiger partial charge in [0.15, 0.2) is 0 Å². The fourth-order valence-corrected chi connectivity index (χ4v) is 2.27. The maximum Gasteiger partial charge on any atom is 0.337 e. The van der Waals surface area contributed by atoms with Gasteiger partial charge >= 0.3 is 12.0 Å². The zero-order valence-electron chi connectivity index (χ0n) is 14.1. The number of hydrogen-bond acceptors (Lipinski definition) is 3. The van der Waals surface area contributed by atoms with Crippen molar-refractivity contribution < 1.29 is 18.7 Å². The Morgan fingerprint density at radius 1 is 1.22 bits per heavy atom. The van der Waals surface area contributed by atoms with Crippen molar-refractivity contribution in [3.8, 4) is 0 Å². The first-order chi connectivity index (χ1) is 10.9. The van der Waals surface area contributed by atoms with Crippen LogP contribution in [0, 0.1) is 11.7 Å². The smallest absolute Gasteiger partial charge is 0.337 e. The first-order valence-electron chi connectivity index (χ1n) is 7.60. The van der Waals surface area contributed by atoms with Gasteiger partial charge < -0.3 is 15.4 Å².